The molecule has 0 spiro atoms. The summed E-state index contributed by atoms with van der Waals surface area (Å²) in [7, 11) is -0.394. The first-order valence-corrected chi connectivity index (χ1v) is 13.3. The van der Waals surface area contributed by atoms with Crippen LogP contribution >= 0.6 is 0 Å². The predicted octanol–water partition coefficient (Wildman–Crippen LogP) is 4.92. The Morgan fingerprint density at radius 3 is 2.38 bits per heavy atom. The SMILES string of the molecule is C[C@H]1CC[C@H](c2ccccc2)S(=O)(=O)N1Cc1cc(F)c(C2(CCC(=O)N(C)C)CC2)cc1F. The molecule has 1 saturated heterocycles. The number of carbonyl (C=O) groups is 1. The second kappa shape index (κ2) is 9.38. The van der Waals surface area contributed by atoms with Crippen LogP contribution in [0.4, 0.5) is 8.78 Å². The Bertz CT molecular complexity index is 1160. The van der Waals surface area contributed by atoms with E-state index >= 15 is 8.78 Å². The molecule has 0 unspecified atom stereocenters. The van der Waals surface area contributed by atoms with Crippen LogP contribution in [0.2, 0.25) is 0 Å². The monoisotopic (exact) mass is 490 g/mol. The number of amides is 1. The van der Waals surface area contributed by atoms with Crippen LogP contribution in [0.1, 0.15) is 67.4 Å². The molecule has 0 aromatic heterocycles. The molecule has 2 aliphatic rings. The molecule has 1 saturated carbocycles. The molecule has 2 aromatic rings. The van der Waals surface area contributed by atoms with Crippen molar-refractivity contribution in [3.05, 3.63) is 70.8 Å². The number of hydrogen-bond acceptors (Lipinski definition) is 3. The summed E-state index contributed by atoms with van der Waals surface area (Å²) in [6, 6.07) is 11.1. The van der Waals surface area contributed by atoms with E-state index in [0.29, 0.717) is 37.7 Å². The minimum Gasteiger partial charge on any atom is -0.349 e. The van der Waals surface area contributed by atoms with Crippen LogP contribution in [0.3, 0.4) is 0 Å². The van der Waals surface area contributed by atoms with E-state index in [-0.39, 0.29) is 36.0 Å². The van der Waals surface area contributed by atoms with E-state index < -0.39 is 32.3 Å². The Morgan fingerprint density at radius 2 is 1.76 bits per heavy atom. The lowest BCUT2D eigenvalue weighted by Crippen LogP contribution is -2.44. The Morgan fingerprint density at radius 1 is 1.09 bits per heavy atom. The van der Waals surface area contributed by atoms with E-state index in [0.717, 1.165) is 6.07 Å². The average Bonchev–Trinajstić information content (AvgIpc) is 3.58. The maximum Gasteiger partial charge on any atom is 0.222 e. The highest BCUT2D eigenvalue weighted by atomic mass is 32.2. The standard InChI is InChI=1S/C26H32F2N2O3S/c1-18-9-10-24(19-7-5-4-6-8-19)34(32,33)30(18)17-20-15-23(28)21(16-22(20)27)26(13-14-26)12-11-25(31)29(2)3/h4-8,15-16,18,24H,9-14,17H2,1-3H3/t18-,24+/m0/s1. The molecule has 34 heavy (non-hydrogen) atoms. The number of nitrogens with zero attached hydrogens (tertiary/aromatic N) is 2. The summed E-state index contributed by atoms with van der Waals surface area (Å²) in [5.74, 6) is -1.18. The highest BCUT2D eigenvalue weighted by Gasteiger charge is 2.46. The van der Waals surface area contributed by atoms with Crippen molar-refractivity contribution in [3.63, 3.8) is 0 Å². The minimum atomic E-state index is -3.74. The molecule has 0 N–H and O–H groups in total. The van der Waals surface area contributed by atoms with E-state index in [2.05, 4.69) is 0 Å². The van der Waals surface area contributed by atoms with Crippen molar-refractivity contribution < 1.29 is 22.0 Å². The quantitative estimate of drug-likeness (QED) is 0.554. The fourth-order valence-corrected chi connectivity index (χ4v) is 7.20. The minimum absolute atomic E-state index is 0.0329. The lowest BCUT2D eigenvalue weighted by molar-refractivity contribution is -0.128. The molecule has 4 rings (SSSR count). The molecular weight excluding hydrogens is 458 g/mol. The summed E-state index contributed by atoms with van der Waals surface area (Å²) in [4.78, 5) is 13.5. The second-order valence-electron chi connectivity index (χ2n) is 9.91. The maximum atomic E-state index is 15.2. The molecule has 0 radical (unpaired) electrons. The van der Waals surface area contributed by atoms with Crippen molar-refractivity contribution in [3.8, 4) is 0 Å². The van der Waals surface area contributed by atoms with Gasteiger partial charge in [0, 0.05) is 38.7 Å². The zero-order valence-corrected chi connectivity index (χ0v) is 20.7. The van der Waals surface area contributed by atoms with Gasteiger partial charge in [-0.3, -0.25) is 4.79 Å². The summed E-state index contributed by atoms with van der Waals surface area (Å²) >= 11 is 0. The number of rotatable bonds is 7. The van der Waals surface area contributed by atoms with E-state index in [4.69, 9.17) is 0 Å². The van der Waals surface area contributed by atoms with Crippen molar-refractivity contribution >= 4 is 15.9 Å². The molecule has 5 nitrogen and oxygen atoms in total. The predicted molar refractivity (Wildman–Crippen MR) is 128 cm³/mol. The summed E-state index contributed by atoms with van der Waals surface area (Å²) in [5.41, 5.74) is 0.518. The van der Waals surface area contributed by atoms with Gasteiger partial charge in [-0.05, 0) is 67.7 Å². The smallest absolute Gasteiger partial charge is 0.222 e. The Hall–Kier alpha value is -2.32. The van der Waals surface area contributed by atoms with Crippen molar-refractivity contribution in [2.45, 2.75) is 68.7 Å². The molecule has 2 atom stereocenters. The summed E-state index contributed by atoms with van der Waals surface area (Å²) in [5, 5.41) is -0.693. The Balaban J connectivity index is 1.57. The molecule has 1 aliphatic heterocycles. The van der Waals surface area contributed by atoms with E-state index in [1.165, 1.54) is 15.3 Å². The van der Waals surface area contributed by atoms with Crippen molar-refractivity contribution in [1.82, 2.24) is 9.21 Å². The average molecular weight is 491 g/mol. The van der Waals surface area contributed by atoms with Gasteiger partial charge in [0.1, 0.15) is 16.9 Å². The highest BCUT2D eigenvalue weighted by Crippen LogP contribution is 2.53. The van der Waals surface area contributed by atoms with Gasteiger partial charge in [-0.2, -0.15) is 4.31 Å². The third-order valence-corrected chi connectivity index (χ3v) is 9.77. The van der Waals surface area contributed by atoms with Crippen LogP contribution in [0.15, 0.2) is 42.5 Å². The fourth-order valence-electron chi connectivity index (χ4n) is 5.01. The highest BCUT2D eigenvalue weighted by molar-refractivity contribution is 7.89. The Labute approximate surface area is 200 Å². The molecule has 1 heterocycles. The maximum absolute atomic E-state index is 15.2. The summed E-state index contributed by atoms with van der Waals surface area (Å²) < 4.78 is 58.6. The molecular formula is C26H32F2N2O3S. The van der Waals surface area contributed by atoms with Gasteiger partial charge in [0.15, 0.2) is 0 Å². The first-order chi connectivity index (χ1) is 16.0. The number of benzene rings is 2. The van der Waals surface area contributed by atoms with Gasteiger partial charge in [-0.25, -0.2) is 17.2 Å². The Kier molecular flexibility index (Phi) is 6.84. The number of carbonyl (C=O) groups excluding carboxylic acids is 1. The lowest BCUT2D eigenvalue weighted by atomic mass is 9.89. The zero-order valence-electron chi connectivity index (χ0n) is 19.9. The van der Waals surface area contributed by atoms with Gasteiger partial charge in [0.25, 0.3) is 0 Å². The largest absolute Gasteiger partial charge is 0.349 e. The summed E-state index contributed by atoms with van der Waals surface area (Å²) in [6.07, 6.45) is 3.30. The van der Waals surface area contributed by atoms with E-state index in [1.54, 1.807) is 38.4 Å². The fraction of sp³-hybridized carbons (Fsp3) is 0.500. The van der Waals surface area contributed by atoms with Gasteiger partial charge in [-0.1, -0.05) is 30.3 Å². The van der Waals surface area contributed by atoms with Crippen LogP contribution < -0.4 is 0 Å². The second-order valence-corrected chi connectivity index (χ2v) is 12.0. The third-order valence-electron chi connectivity index (χ3n) is 7.40. The molecule has 1 amide bonds. The van der Waals surface area contributed by atoms with Crippen molar-refractivity contribution in [1.29, 1.82) is 0 Å². The van der Waals surface area contributed by atoms with Crippen molar-refractivity contribution in [2.75, 3.05) is 14.1 Å². The molecule has 1 aliphatic carbocycles. The number of sulfonamides is 1. The van der Waals surface area contributed by atoms with Gasteiger partial charge in [-0.15, -0.1) is 0 Å². The van der Waals surface area contributed by atoms with Crippen molar-refractivity contribution in [2.24, 2.45) is 0 Å². The molecule has 8 heteroatoms. The van der Waals surface area contributed by atoms with Crippen LogP contribution in [-0.4, -0.2) is 43.7 Å². The lowest BCUT2D eigenvalue weighted by Gasteiger charge is -2.37. The molecule has 184 valence electrons. The number of halogens is 2. The zero-order chi connectivity index (χ0) is 24.7. The number of hydrogen-bond donors (Lipinski definition) is 0. The third kappa shape index (κ3) is 4.75. The van der Waals surface area contributed by atoms with Crippen LogP contribution in [0.25, 0.3) is 0 Å². The van der Waals surface area contributed by atoms with E-state index in [1.807, 2.05) is 13.0 Å². The van der Waals surface area contributed by atoms with Gasteiger partial charge >= 0.3 is 0 Å². The van der Waals surface area contributed by atoms with Crippen LogP contribution in [0.5, 0.6) is 0 Å². The summed E-state index contributed by atoms with van der Waals surface area (Å²) in [6.45, 7) is 1.60. The molecule has 0 bridgehead atoms. The van der Waals surface area contributed by atoms with Gasteiger partial charge < -0.3 is 4.90 Å². The van der Waals surface area contributed by atoms with Gasteiger partial charge in [0.2, 0.25) is 15.9 Å². The first kappa shape index (κ1) is 24.8. The van der Waals surface area contributed by atoms with Gasteiger partial charge in [0.05, 0.1) is 0 Å². The first-order valence-electron chi connectivity index (χ1n) is 11.8. The molecule has 2 aromatic carbocycles. The van der Waals surface area contributed by atoms with Crippen LogP contribution in [-0.2, 0) is 26.8 Å². The normalized spacial score (nSPS) is 23.4. The van der Waals surface area contributed by atoms with Crippen LogP contribution in [0, 0.1) is 11.6 Å². The topological polar surface area (TPSA) is 57.7 Å². The van der Waals surface area contributed by atoms with E-state index in [9.17, 15) is 13.2 Å². The molecule has 2 fully saturated rings.